The van der Waals surface area contributed by atoms with Crippen molar-refractivity contribution in [2.45, 2.75) is 44.4 Å². The highest BCUT2D eigenvalue weighted by Crippen LogP contribution is 2.38. The van der Waals surface area contributed by atoms with Crippen molar-refractivity contribution in [1.29, 1.82) is 0 Å². The van der Waals surface area contributed by atoms with Crippen LogP contribution < -0.4 is 0 Å². The summed E-state index contributed by atoms with van der Waals surface area (Å²) in [5, 5.41) is 0. The molecule has 7 nitrogen and oxygen atoms in total. The van der Waals surface area contributed by atoms with E-state index in [-0.39, 0.29) is 23.8 Å². The molecule has 8 heteroatoms. The van der Waals surface area contributed by atoms with Crippen molar-refractivity contribution in [3.63, 3.8) is 0 Å². The van der Waals surface area contributed by atoms with Crippen LogP contribution in [0.25, 0.3) is 0 Å². The molecule has 0 radical (unpaired) electrons. The Labute approximate surface area is 170 Å². The number of hydrogen-bond acceptors (Lipinski definition) is 6. The first-order valence-corrected chi connectivity index (χ1v) is 10.6. The van der Waals surface area contributed by atoms with E-state index in [1.165, 1.54) is 0 Å². The lowest BCUT2D eigenvalue weighted by molar-refractivity contribution is -0.154. The van der Waals surface area contributed by atoms with Crippen LogP contribution in [0.1, 0.15) is 31.9 Å². The Morgan fingerprint density at radius 1 is 1.24 bits per heavy atom. The van der Waals surface area contributed by atoms with Gasteiger partial charge in [-0.3, -0.25) is 19.4 Å². The van der Waals surface area contributed by atoms with Crippen molar-refractivity contribution in [3.8, 4) is 0 Å². The Kier molecular flexibility index (Phi) is 5.92. The standard InChI is InChI=1S/C21H30FN3O4/c1-2-28-19(26)16-11-23(15-18-5-3-10-29-18)13-17-14-25(9-8-24(17)12-16)20(27)21(22)6-4-7-21/h3,5,10,16-17H,2,4,6-9,11-15H2,1H3/t16-,17+/m0/s1. The van der Waals surface area contributed by atoms with Crippen LogP contribution in [0, 0.1) is 5.92 Å². The van der Waals surface area contributed by atoms with E-state index in [2.05, 4.69) is 9.80 Å². The molecule has 4 rings (SSSR count). The van der Waals surface area contributed by atoms with Gasteiger partial charge in [-0.05, 0) is 38.3 Å². The molecular weight excluding hydrogens is 377 g/mol. The van der Waals surface area contributed by atoms with Crippen molar-refractivity contribution in [3.05, 3.63) is 24.2 Å². The summed E-state index contributed by atoms with van der Waals surface area (Å²) >= 11 is 0. The molecule has 1 saturated carbocycles. The number of halogens is 1. The Morgan fingerprint density at radius 2 is 2.07 bits per heavy atom. The van der Waals surface area contributed by atoms with Crippen LogP contribution in [-0.2, 0) is 20.9 Å². The molecule has 1 aromatic heterocycles. The number of fused-ring (bicyclic) bond motifs is 1. The Hall–Kier alpha value is -1.93. The number of hydrogen-bond donors (Lipinski definition) is 0. The van der Waals surface area contributed by atoms with Crippen molar-refractivity contribution in [2.24, 2.45) is 5.92 Å². The largest absolute Gasteiger partial charge is 0.468 e. The van der Waals surface area contributed by atoms with Gasteiger partial charge in [0.05, 0.1) is 25.3 Å². The van der Waals surface area contributed by atoms with Gasteiger partial charge in [0.2, 0.25) is 0 Å². The lowest BCUT2D eigenvalue weighted by Gasteiger charge is -2.45. The third kappa shape index (κ3) is 4.33. The summed E-state index contributed by atoms with van der Waals surface area (Å²) < 4.78 is 25.5. The van der Waals surface area contributed by atoms with E-state index in [1.54, 1.807) is 11.2 Å². The topological polar surface area (TPSA) is 66.2 Å². The first-order chi connectivity index (χ1) is 14.0. The highest BCUT2D eigenvalue weighted by molar-refractivity contribution is 5.86. The summed E-state index contributed by atoms with van der Waals surface area (Å²) in [6.07, 6.45) is 3.10. The molecule has 29 heavy (non-hydrogen) atoms. The molecule has 0 aromatic carbocycles. The highest BCUT2D eigenvalue weighted by atomic mass is 19.1. The van der Waals surface area contributed by atoms with Gasteiger partial charge in [0.25, 0.3) is 5.91 Å². The predicted octanol–water partition coefficient (Wildman–Crippen LogP) is 1.68. The summed E-state index contributed by atoms with van der Waals surface area (Å²) in [4.78, 5) is 31.3. The number of ether oxygens (including phenoxy) is 1. The van der Waals surface area contributed by atoms with Gasteiger partial charge in [0.15, 0.2) is 5.67 Å². The summed E-state index contributed by atoms with van der Waals surface area (Å²) in [6.45, 7) is 6.29. The van der Waals surface area contributed by atoms with Crippen LogP contribution in [0.15, 0.2) is 22.8 Å². The van der Waals surface area contributed by atoms with Crippen LogP contribution in [0.2, 0.25) is 0 Å². The lowest BCUT2D eigenvalue weighted by atomic mass is 9.80. The molecule has 160 valence electrons. The van der Waals surface area contributed by atoms with Gasteiger partial charge < -0.3 is 14.1 Å². The van der Waals surface area contributed by atoms with E-state index in [1.807, 2.05) is 19.1 Å². The number of rotatable bonds is 5. The number of furan rings is 1. The van der Waals surface area contributed by atoms with Gasteiger partial charge in [0.1, 0.15) is 5.76 Å². The molecule has 3 aliphatic rings. The SMILES string of the molecule is CCOC(=O)[C@H]1CN(Cc2ccco2)C[C@@H]2CN(C(=O)C3(F)CCC3)CCN2C1. The number of carbonyl (C=O) groups excluding carboxylic acids is 2. The number of piperazine rings is 1. The fraction of sp³-hybridized carbons (Fsp3) is 0.714. The van der Waals surface area contributed by atoms with E-state index >= 15 is 0 Å². The lowest BCUT2D eigenvalue weighted by Crippen LogP contribution is -2.61. The first kappa shape index (κ1) is 20.3. The molecule has 2 saturated heterocycles. The average Bonchev–Trinajstić information content (AvgIpc) is 3.11. The van der Waals surface area contributed by atoms with Crippen molar-refractivity contribution in [1.82, 2.24) is 14.7 Å². The number of amides is 1. The number of esters is 1. The Bertz CT molecular complexity index is 722. The molecule has 3 heterocycles. The zero-order valence-corrected chi connectivity index (χ0v) is 17.0. The number of carbonyl (C=O) groups is 2. The fourth-order valence-corrected chi connectivity index (χ4v) is 4.66. The van der Waals surface area contributed by atoms with Gasteiger partial charge in [-0.15, -0.1) is 0 Å². The van der Waals surface area contributed by atoms with Gasteiger partial charge in [0, 0.05) is 45.3 Å². The highest BCUT2D eigenvalue weighted by Gasteiger charge is 2.48. The normalized spacial score (nSPS) is 27.6. The first-order valence-electron chi connectivity index (χ1n) is 10.6. The molecule has 1 aromatic rings. The third-order valence-corrected chi connectivity index (χ3v) is 6.40. The summed E-state index contributed by atoms with van der Waals surface area (Å²) in [5.41, 5.74) is -1.66. The third-order valence-electron chi connectivity index (χ3n) is 6.40. The maximum absolute atomic E-state index is 14.7. The molecule has 3 fully saturated rings. The minimum absolute atomic E-state index is 0.0609. The molecule has 0 bridgehead atoms. The van der Waals surface area contributed by atoms with Crippen LogP contribution in [0.5, 0.6) is 0 Å². The summed E-state index contributed by atoms with van der Waals surface area (Å²) in [5.74, 6) is 0.0405. The van der Waals surface area contributed by atoms with Crippen LogP contribution in [0.4, 0.5) is 4.39 Å². The number of nitrogens with zero attached hydrogens (tertiary/aromatic N) is 3. The minimum Gasteiger partial charge on any atom is -0.468 e. The van der Waals surface area contributed by atoms with Gasteiger partial charge >= 0.3 is 5.97 Å². The van der Waals surface area contributed by atoms with Crippen LogP contribution in [-0.4, -0.2) is 84.2 Å². The minimum atomic E-state index is -1.66. The van der Waals surface area contributed by atoms with E-state index in [0.29, 0.717) is 65.3 Å². The molecule has 1 aliphatic carbocycles. The quantitative estimate of drug-likeness (QED) is 0.692. The second-order valence-corrected chi connectivity index (χ2v) is 8.44. The number of alkyl halides is 1. The second kappa shape index (κ2) is 8.44. The van der Waals surface area contributed by atoms with Crippen LogP contribution in [0.3, 0.4) is 0 Å². The van der Waals surface area contributed by atoms with Crippen molar-refractivity contribution in [2.75, 3.05) is 45.9 Å². The molecule has 1 amide bonds. The van der Waals surface area contributed by atoms with Crippen LogP contribution >= 0.6 is 0 Å². The maximum atomic E-state index is 14.7. The second-order valence-electron chi connectivity index (χ2n) is 8.44. The van der Waals surface area contributed by atoms with Gasteiger partial charge in [-0.2, -0.15) is 0 Å². The molecule has 0 spiro atoms. The van der Waals surface area contributed by atoms with E-state index in [4.69, 9.17) is 9.15 Å². The zero-order valence-electron chi connectivity index (χ0n) is 17.0. The fourth-order valence-electron chi connectivity index (χ4n) is 4.66. The Balaban J connectivity index is 1.48. The van der Waals surface area contributed by atoms with E-state index < -0.39 is 5.67 Å². The summed E-state index contributed by atoms with van der Waals surface area (Å²) in [6, 6.07) is 3.83. The smallest absolute Gasteiger partial charge is 0.311 e. The molecular formula is C21H30FN3O4. The monoisotopic (exact) mass is 407 g/mol. The molecule has 0 unspecified atom stereocenters. The molecule has 2 aliphatic heterocycles. The summed E-state index contributed by atoms with van der Waals surface area (Å²) in [7, 11) is 0. The van der Waals surface area contributed by atoms with E-state index in [9.17, 15) is 14.0 Å². The molecule has 2 atom stereocenters. The zero-order chi connectivity index (χ0) is 20.4. The van der Waals surface area contributed by atoms with Crippen molar-refractivity contribution >= 4 is 11.9 Å². The average molecular weight is 407 g/mol. The predicted molar refractivity (Wildman–Crippen MR) is 104 cm³/mol. The molecule has 0 N–H and O–H groups in total. The van der Waals surface area contributed by atoms with Crippen molar-refractivity contribution < 1.29 is 23.1 Å². The Morgan fingerprint density at radius 3 is 2.72 bits per heavy atom. The maximum Gasteiger partial charge on any atom is 0.311 e. The van der Waals surface area contributed by atoms with Gasteiger partial charge in [-0.25, -0.2) is 4.39 Å². The van der Waals surface area contributed by atoms with Gasteiger partial charge in [-0.1, -0.05) is 0 Å². The van der Waals surface area contributed by atoms with E-state index in [0.717, 1.165) is 12.2 Å².